The highest BCUT2D eigenvalue weighted by atomic mass is 15.3. The molecule has 3 rings (SSSR count). The van der Waals surface area contributed by atoms with Crippen molar-refractivity contribution in [3.8, 4) is 5.69 Å². The van der Waals surface area contributed by atoms with Gasteiger partial charge in [0.2, 0.25) is 0 Å². The Kier molecular flexibility index (Phi) is 2.22. The van der Waals surface area contributed by atoms with E-state index in [1.54, 1.807) is 0 Å². The van der Waals surface area contributed by atoms with Crippen LogP contribution in [-0.2, 0) is 0 Å². The smallest absolute Gasteiger partial charge is 0.0652 e. The molecule has 3 aromatic rings. The van der Waals surface area contributed by atoms with Crippen LogP contribution in [0.1, 0.15) is 11.1 Å². The largest absolute Gasteiger partial charge is 0.241 e. The van der Waals surface area contributed by atoms with Crippen molar-refractivity contribution < 1.29 is 0 Å². The maximum atomic E-state index is 4.33. The molecule has 2 heteroatoms. The number of aryl methyl sites for hydroxylation is 2. The Bertz CT molecular complexity index is 680. The van der Waals surface area contributed by atoms with Gasteiger partial charge in [0, 0.05) is 6.20 Å². The number of hydrogen-bond donors (Lipinski definition) is 0. The minimum absolute atomic E-state index is 1.11. The lowest BCUT2D eigenvalue weighted by atomic mass is 10.1. The van der Waals surface area contributed by atoms with E-state index in [4.69, 9.17) is 0 Å². The molecule has 0 amide bonds. The van der Waals surface area contributed by atoms with E-state index in [0.29, 0.717) is 0 Å². The molecule has 0 atom stereocenters. The zero-order valence-corrected chi connectivity index (χ0v) is 10.0. The molecule has 0 fully saturated rings. The molecule has 2 aromatic carbocycles. The Labute approximate surface area is 101 Å². The van der Waals surface area contributed by atoms with E-state index >= 15 is 0 Å². The Morgan fingerprint density at radius 1 is 0.882 bits per heavy atom. The second-order valence-corrected chi connectivity index (χ2v) is 4.50. The Balaban J connectivity index is 2.18. The molecule has 0 aliphatic carbocycles. The van der Waals surface area contributed by atoms with Crippen molar-refractivity contribution in [2.75, 3.05) is 0 Å². The van der Waals surface area contributed by atoms with Crippen LogP contribution >= 0.6 is 0 Å². The van der Waals surface area contributed by atoms with Crippen LogP contribution in [0.15, 0.2) is 48.8 Å². The molecule has 0 aliphatic rings. The van der Waals surface area contributed by atoms with Crippen molar-refractivity contribution in [3.63, 3.8) is 0 Å². The van der Waals surface area contributed by atoms with Gasteiger partial charge in [-0.15, -0.1) is 0 Å². The van der Waals surface area contributed by atoms with Crippen molar-refractivity contribution in [1.82, 2.24) is 9.78 Å². The van der Waals surface area contributed by atoms with Gasteiger partial charge in [0.05, 0.1) is 11.9 Å². The zero-order chi connectivity index (χ0) is 11.8. The molecule has 0 saturated heterocycles. The minimum atomic E-state index is 1.11. The third-order valence-electron chi connectivity index (χ3n) is 2.96. The lowest BCUT2D eigenvalue weighted by Crippen LogP contribution is -1.93. The summed E-state index contributed by atoms with van der Waals surface area (Å²) < 4.78 is 1.91. The number of aromatic nitrogens is 2. The van der Waals surface area contributed by atoms with E-state index in [-0.39, 0.29) is 0 Å². The number of benzene rings is 2. The number of rotatable bonds is 1. The monoisotopic (exact) mass is 222 g/mol. The number of nitrogens with zero attached hydrogens (tertiary/aromatic N) is 2. The topological polar surface area (TPSA) is 17.8 Å². The predicted molar refractivity (Wildman–Crippen MR) is 70.5 cm³/mol. The summed E-state index contributed by atoms with van der Waals surface area (Å²) in [4.78, 5) is 0. The maximum Gasteiger partial charge on any atom is 0.0652 e. The van der Waals surface area contributed by atoms with Crippen LogP contribution in [0.2, 0.25) is 0 Å². The van der Waals surface area contributed by atoms with Crippen LogP contribution in [0.25, 0.3) is 16.5 Å². The van der Waals surface area contributed by atoms with Crippen LogP contribution in [0.4, 0.5) is 0 Å². The van der Waals surface area contributed by atoms with Crippen LogP contribution in [0.3, 0.4) is 0 Å². The number of fused-ring (bicyclic) bond motifs is 1. The molecule has 0 bridgehead atoms. The van der Waals surface area contributed by atoms with E-state index in [1.807, 2.05) is 17.1 Å². The van der Waals surface area contributed by atoms with Crippen LogP contribution in [0, 0.1) is 13.8 Å². The van der Waals surface area contributed by atoms with Gasteiger partial charge in [-0.3, -0.25) is 0 Å². The minimum Gasteiger partial charge on any atom is -0.241 e. The van der Waals surface area contributed by atoms with E-state index in [2.05, 4.69) is 55.3 Å². The second-order valence-electron chi connectivity index (χ2n) is 4.50. The summed E-state index contributed by atoms with van der Waals surface area (Å²) >= 11 is 0. The summed E-state index contributed by atoms with van der Waals surface area (Å²) in [6.45, 7) is 4.17. The molecule has 0 spiro atoms. The van der Waals surface area contributed by atoms with E-state index < -0.39 is 0 Å². The molecule has 84 valence electrons. The van der Waals surface area contributed by atoms with Crippen molar-refractivity contribution in [1.29, 1.82) is 0 Å². The maximum absolute atomic E-state index is 4.33. The van der Waals surface area contributed by atoms with E-state index in [1.165, 1.54) is 21.9 Å². The summed E-state index contributed by atoms with van der Waals surface area (Å²) in [6.07, 6.45) is 3.91. The fourth-order valence-electron chi connectivity index (χ4n) is 2.05. The second kappa shape index (κ2) is 3.74. The molecule has 1 aromatic heterocycles. The first kappa shape index (κ1) is 10.1. The van der Waals surface area contributed by atoms with Gasteiger partial charge in [0.1, 0.15) is 0 Å². The fraction of sp³-hybridized carbons (Fsp3) is 0.133. The van der Waals surface area contributed by atoms with Crippen LogP contribution in [0.5, 0.6) is 0 Å². The first-order valence-electron chi connectivity index (χ1n) is 5.74. The molecule has 1 heterocycles. The van der Waals surface area contributed by atoms with Gasteiger partial charge in [-0.05, 0) is 42.3 Å². The van der Waals surface area contributed by atoms with Crippen LogP contribution in [-0.4, -0.2) is 9.78 Å². The lowest BCUT2D eigenvalue weighted by molar-refractivity contribution is 0.882. The van der Waals surface area contributed by atoms with Crippen LogP contribution < -0.4 is 0 Å². The van der Waals surface area contributed by atoms with Gasteiger partial charge in [0.15, 0.2) is 0 Å². The standard InChI is InChI=1S/C15H14N2/c1-11-3-4-13-5-6-15(8-14(13)7-11)17-10-12(2)9-16-17/h3-10H,1-2H3. The van der Waals surface area contributed by atoms with Crippen molar-refractivity contribution in [3.05, 3.63) is 59.9 Å². The highest BCUT2D eigenvalue weighted by Gasteiger charge is 2.00. The average Bonchev–Trinajstić information content (AvgIpc) is 2.75. The lowest BCUT2D eigenvalue weighted by Gasteiger charge is -2.04. The summed E-state index contributed by atoms with van der Waals surface area (Å²) in [7, 11) is 0. The summed E-state index contributed by atoms with van der Waals surface area (Å²) in [5.74, 6) is 0. The Morgan fingerprint density at radius 3 is 2.47 bits per heavy atom. The summed E-state index contributed by atoms with van der Waals surface area (Å²) in [6, 6.07) is 12.9. The predicted octanol–water partition coefficient (Wildman–Crippen LogP) is 3.64. The van der Waals surface area contributed by atoms with Crippen molar-refractivity contribution in [2.24, 2.45) is 0 Å². The average molecular weight is 222 g/mol. The Morgan fingerprint density at radius 2 is 1.71 bits per heavy atom. The Hall–Kier alpha value is -2.09. The zero-order valence-electron chi connectivity index (χ0n) is 10.0. The molecule has 0 N–H and O–H groups in total. The molecular weight excluding hydrogens is 208 g/mol. The van der Waals surface area contributed by atoms with Gasteiger partial charge in [-0.1, -0.05) is 29.8 Å². The normalized spacial score (nSPS) is 10.9. The fourth-order valence-corrected chi connectivity index (χ4v) is 2.05. The van der Waals surface area contributed by atoms with Gasteiger partial charge in [-0.2, -0.15) is 5.10 Å². The first-order chi connectivity index (χ1) is 8.22. The van der Waals surface area contributed by atoms with Gasteiger partial charge in [0.25, 0.3) is 0 Å². The third kappa shape index (κ3) is 1.82. The molecular formula is C15H14N2. The van der Waals surface area contributed by atoms with Gasteiger partial charge < -0.3 is 0 Å². The molecule has 0 radical (unpaired) electrons. The highest BCUT2D eigenvalue weighted by Crippen LogP contribution is 2.19. The summed E-state index contributed by atoms with van der Waals surface area (Å²) in [5, 5.41) is 6.86. The molecule has 17 heavy (non-hydrogen) atoms. The highest BCUT2D eigenvalue weighted by molar-refractivity contribution is 5.85. The molecule has 0 saturated carbocycles. The first-order valence-corrected chi connectivity index (χ1v) is 5.74. The van der Waals surface area contributed by atoms with Crippen molar-refractivity contribution in [2.45, 2.75) is 13.8 Å². The molecule has 0 unspecified atom stereocenters. The summed E-state index contributed by atoms with van der Waals surface area (Å²) in [5.41, 5.74) is 3.57. The molecule has 0 aliphatic heterocycles. The van der Waals surface area contributed by atoms with Gasteiger partial charge in [-0.25, -0.2) is 4.68 Å². The van der Waals surface area contributed by atoms with E-state index in [0.717, 1.165) is 5.69 Å². The quantitative estimate of drug-likeness (QED) is 0.614. The SMILES string of the molecule is Cc1ccc2ccc(-n3cc(C)cn3)cc2c1. The third-order valence-corrected chi connectivity index (χ3v) is 2.96. The molecule has 2 nitrogen and oxygen atoms in total. The van der Waals surface area contributed by atoms with Gasteiger partial charge >= 0.3 is 0 Å². The number of hydrogen-bond acceptors (Lipinski definition) is 1. The van der Waals surface area contributed by atoms with E-state index in [9.17, 15) is 0 Å². The van der Waals surface area contributed by atoms with Crippen molar-refractivity contribution >= 4 is 10.8 Å².